The number of hydrogen-bond donors (Lipinski definition) is 1. The van der Waals surface area contributed by atoms with E-state index in [0.29, 0.717) is 16.3 Å². The number of anilines is 1. The Morgan fingerprint density at radius 1 is 1.00 bits per heavy atom. The van der Waals surface area contributed by atoms with Crippen LogP contribution in [-0.2, 0) is 9.53 Å². The summed E-state index contributed by atoms with van der Waals surface area (Å²) in [6, 6.07) is 11.0. The summed E-state index contributed by atoms with van der Waals surface area (Å²) in [4.78, 5) is 35.6. The Morgan fingerprint density at radius 2 is 1.68 bits per heavy atom. The molecular formula is C18H15Cl2NO4. The number of Topliss-reactive ketones (excluding diaryl/α,β-unsaturated/α-hetero) is 1. The van der Waals surface area contributed by atoms with E-state index in [1.807, 2.05) is 0 Å². The molecule has 0 heterocycles. The van der Waals surface area contributed by atoms with E-state index in [1.54, 1.807) is 30.3 Å². The van der Waals surface area contributed by atoms with Gasteiger partial charge in [0.15, 0.2) is 5.78 Å². The van der Waals surface area contributed by atoms with Crippen molar-refractivity contribution in [3.8, 4) is 0 Å². The van der Waals surface area contributed by atoms with Gasteiger partial charge in [0.25, 0.3) is 0 Å². The standard InChI is InChI=1S/C18H15Cl2NO4/c1-25-18(24)14-10-13(6-7-15(14)20)21-17(23)9-8-16(22)11-2-4-12(19)5-3-11/h2-7,10H,8-9H2,1H3,(H,21,23). The van der Waals surface area contributed by atoms with Crippen LogP contribution in [0.4, 0.5) is 5.69 Å². The van der Waals surface area contributed by atoms with Crippen LogP contribution in [-0.4, -0.2) is 24.8 Å². The third-order valence-electron chi connectivity index (χ3n) is 3.40. The number of methoxy groups -OCH3 is 1. The number of nitrogens with one attached hydrogen (secondary N) is 1. The normalized spacial score (nSPS) is 10.2. The summed E-state index contributed by atoms with van der Waals surface area (Å²) in [5, 5.41) is 3.39. The topological polar surface area (TPSA) is 72.5 Å². The molecule has 0 fully saturated rings. The van der Waals surface area contributed by atoms with E-state index >= 15 is 0 Å². The number of carbonyl (C=O) groups excluding carboxylic acids is 3. The molecule has 7 heteroatoms. The summed E-state index contributed by atoms with van der Waals surface area (Å²) >= 11 is 11.7. The first-order valence-corrected chi connectivity index (χ1v) is 8.13. The Balaban J connectivity index is 1.95. The van der Waals surface area contributed by atoms with Crippen LogP contribution in [0.5, 0.6) is 0 Å². The average molecular weight is 380 g/mol. The van der Waals surface area contributed by atoms with Crippen LogP contribution >= 0.6 is 23.2 Å². The lowest BCUT2D eigenvalue weighted by molar-refractivity contribution is -0.116. The zero-order valence-electron chi connectivity index (χ0n) is 13.3. The minimum atomic E-state index is -0.598. The van der Waals surface area contributed by atoms with Crippen LogP contribution in [0.15, 0.2) is 42.5 Å². The van der Waals surface area contributed by atoms with Crippen molar-refractivity contribution in [3.05, 3.63) is 63.6 Å². The first kappa shape index (κ1) is 19.0. The molecule has 25 heavy (non-hydrogen) atoms. The molecule has 1 amide bonds. The molecule has 0 saturated carbocycles. The number of ether oxygens (including phenoxy) is 1. The van der Waals surface area contributed by atoms with Crippen molar-refractivity contribution in [1.29, 1.82) is 0 Å². The molecule has 0 atom stereocenters. The highest BCUT2D eigenvalue weighted by molar-refractivity contribution is 6.33. The summed E-state index contributed by atoms with van der Waals surface area (Å²) in [5.41, 5.74) is 1.05. The zero-order valence-corrected chi connectivity index (χ0v) is 14.9. The fourth-order valence-corrected chi connectivity index (χ4v) is 2.42. The zero-order chi connectivity index (χ0) is 18.4. The maximum atomic E-state index is 12.0. The van der Waals surface area contributed by atoms with E-state index in [2.05, 4.69) is 10.1 Å². The van der Waals surface area contributed by atoms with Crippen molar-refractivity contribution in [1.82, 2.24) is 0 Å². The highest BCUT2D eigenvalue weighted by Gasteiger charge is 2.13. The predicted octanol–water partition coefficient (Wildman–Crippen LogP) is 4.38. The lowest BCUT2D eigenvalue weighted by Gasteiger charge is -2.08. The van der Waals surface area contributed by atoms with Crippen molar-refractivity contribution in [3.63, 3.8) is 0 Å². The first-order valence-electron chi connectivity index (χ1n) is 7.37. The molecule has 0 saturated heterocycles. The third-order valence-corrected chi connectivity index (χ3v) is 3.98. The van der Waals surface area contributed by atoms with Crippen molar-refractivity contribution in [2.75, 3.05) is 12.4 Å². The highest BCUT2D eigenvalue weighted by Crippen LogP contribution is 2.21. The maximum absolute atomic E-state index is 12.0. The smallest absolute Gasteiger partial charge is 0.339 e. The van der Waals surface area contributed by atoms with E-state index in [1.165, 1.54) is 19.2 Å². The van der Waals surface area contributed by atoms with Gasteiger partial charge in [0.1, 0.15) is 0 Å². The van der Waals surface area contributed by atoms with Crippen molar-refractivity contribution >= 4 is 46.5 Å². The number of hydrogen-bond acceptors (Lipinski definition) is 4. The van der Waals surface area contributed by atoms with Crippen LogP contribution in [0.1, 0.15) is 33.6 Å². The molecule has 0 bridgehead atoms. The highest BCUT2D eigenvalue weighted by atomic mass is 35.5. The largest absolute Gasteiger partial charge is 0.465 e. The van der Waals surface area contributed by atoms with E-state index in [0.717, 1.165) is 0 Å². The lowest BCUT2D eigenvalue weighted by Crippen LogP contribution is -2.14. The summed E-state index contributed by atoms with van der Waals surface area (Å²) in [6.07, 6.45) is 0.0720. The average Bonchev–Trinajstić information content (AvgIpc) is 2.61. The van der Waals surface area contributed by atoms with Crippen LogP contribution < -0.4 is 5.32 Å². The Bertz CT molecular complexity index is 803. The molecular weight excluding hydrogens is 365 g/mol. The summed E-state index contributed by atoms with van der Waals surface area (Å²) in [7, 11) is 1.24. The Hall–Kier alpha value is -2.37. The quantitative estimate of drug-likeness (QED) is 0.596. The molecule has 0 radical (unpaired) electrons. The van der Waals surface area contributed by atoms with E-state index in [-0.39, 0.29) is 35.1 Å². The number of esters is 1. The fourth-order valence-electron chi connectivity index (χ4n) is 2.10. The molecule has 0 aliphatic carbocycles. The molecule has 1 N–H and O–H groups in total. The van der Waals surface area contributed by atoms with E-state index in [9.17, 15) is 14.4 Å². The van der Waals surface area contributed by atoms with Gasteiger partial charge in [-0.25, -0.2) is 4.79 Å². The molecule has 0 aliphatic rings. The number of ketones is 1. The number of rotatable bonds is 6. The minimum Gasteiger partial charge on any atom is -0.465 e. The molecule has 0 aromatic heterocycles. The van der Waals surface area contributed by atoms with Crippen molar-refractivity contribution in [2.24, 2.45) is 0 Å². The van der Waals surface area contributed by atoms with Gasteiger partial charge in [0, 0.05) is 29.1 Å². The number of benzene rings is 2. The van der Waals surface area contributed by atoms with Crippen LogP contribution in [0, 0.1) is 0 Å². The number of amides is 1. The molecule has 5 nitrogen and oxygen atoms in total. The van der Waals surface area contributed by atoms with Gasteiger partial charge in [-0.05, 0) is 42.5 Å². The number of carbonyl (C=O) groups is 3. The second-order valence-electron chi connectivity index (χ2n) is 5.16. The van der Waals surface area contributed by atoms with Gasteiger partial charge in [-0.1, -0.05) is 23.2 Å². The molecule has 130 valence electrons. The molecule has 0 unspecified atom stereocenters. The van der Waals surface area contributed by atoms with Gasteiger partial charge < -0.3 is 10.1 Å². The van der Waals surface area contributed by atoms with Gasteiger partial charge in [0.2, 0.25) is 5.91 Å². The van der Waals surface area contributed by atoms with E-state index in [4.69, 9.17) is 23.2 Å². The SMILES string of the molecule is COC(=O)c1cc(NC(=O)CCC(=O)c2ccc(Cl)cc2)ccc1Cl. The van der Waals surface area contributed by atoms with Gasteiger partial charge >= 0.3 is 5.97 Å². The third kappa shape index (κ3) is 5.31. The van der Waals surface area contributed by atoms with Crippen LogP contribution in [0.2, 0.25) is 10.0 Å². The number of halogens is 2. The molecule has 0 aliphatic heterocycles. The van der Waals surface area contributed by atoms with Gasteiger partial charge in [-0.15, -0.1) is 0 Å². The van der Waals surface area contributed by atoms with Gasteiger partial charge in [-0.2, -0.15) is 0 Å². The second kappa shape index (κ2) is 8.65. The Kier molecular flexibility index (Phi) is 6.56. The van der Waals surface area contributed by atoms with Gasteiger partial charge in [-0.3, -0.25) is 9.59 Å². The monoisotopic (exact) mass is 379 g/mol. The first-order chi connectivity index (χ1) is 11.9. The lowest BCUT2D eigenvalue weighted by atomic mass is 10.1. The summed E-state index contributed by atoms with van der Waals surface area (Å²) in [6.45, 7) is 0. The van der Waals surface area contributed by atoms with E-state index < -0.39 is 5.97 Å². The summed E-state index contributed by atoms with van der Waals surface area (Å²) < 4.78 is 4.62. The van der Waals surface area contributed by atoms with Crippen molar-refractivity contribution in [2.45, 2.75) is 12.8 Å². The maximum Gasteiger partial charge on any atom is 0.339 e. The van der Waals surface area contributed by atoms with Crippen molar-refractivity contribution < 1.29 is 19.1 Å². The molecule has 2 aromatic carbocycles. The molecule has 2 rings (SSSR count). The minimum absolute atomic E-state index is 0.0116. The Labute approximate surface area is 154 Å². The van der Waals surface area contributed by atoms with Crippen LogP contribution in [0.3, 0.4) is 0 Å². The van der Waals surface area contributed by atoms with Crippen LogP contribution in [0.25, 0.3) is 0 Å². The predicted molar refractivity (Wildman–Crippen MR) is 96.4 cm³/mol. The van der Waals surface area contributed by atoms with Gasteiger partial charge in [0.05, 0.1) is 17.7 Å². The summed E-state index contributed by atoms with van der Waals surface area (Å²) in [5.74, 6) is -1.10. The molecule has 2 aromatic rings. The second-order valence-corrected chi connectivity index (χ2v) is 6.01. The fraction of sp³-hybridized carbons (Fsp3) is 0.167. The Morgan fingerprint density at radius 3 is 2.32 bits per heavy atom. The molecule has 0 spiro atoms.